The van der Waals surface area contributed by atoms with Crippen molar-refractivity contribution in [3.05, 3.63) is 65.2 Å². The summed E-state index contributed by atoms with van der Waals surface area (Å²) in [5.41, 5.74) is 4.14. The molecule has 29 heavy (non-hydrogen) atoms. The molecule has 2 aliphatic heterocycles. The fourth-order valence-electron chi connectivity index (χ4n) is 4.11. The van der Waals surface area contributed by atoms with Crippen molar-refractivity contribution in [2.24, 2.45) is 0 Å². The summed E-state index contributed by atoms with van der Waals surface area (Å²) in [6.45, 7) is 4.90. The molecule has 6 nitrogen and oxygen atoms in total. The van der Waals surface area contributed by atoms with Gasteiger partial charge in [-0.25, -0.2) is 0 Å². The van der Waals surface area contributed by atoms with Gasteiger partial charge < -0.3 is 15.0 Å². The molecule has 1 fully saturated rings. The second kappa shape index (κ2) is 9.08. The summed E-state index contributed by atoms with van der Waals surface area (Å²) in [5, 5.41) is 12.5. The van der Waals surface area contributed by atoms with Gasteiger partial charge in [0.15, 0.2) is 0 Å². The van der Waals surface area contributed by atoms with E-state index in [-0.39, 0.29) is 11.9 Å². The van der Waals surface area contributed by atoms with Crippen LogP contribution in [-0.2, 0) is 22.5 Å². The standard InChI is InChI=1S/C23H26N4O2/c24-14-19-6-7-22-20(12-19)13-21(16-27(22)15-18-4-2-1-3-5-18)25-23(28)17-26-8-10-29-11-9-26/h1-7,12,21H,8-11,13,15-17H2,(H,25,28). The highest BCUT2D eigenvalue weighted by atomic mass is 16.5. The lowest BCUT2D eigenvalue weighted by Gasteiger charge is -2.37. The molecular weight excluding hydrogens is 364 g/mol. The second-order valence-electron chi connectivity index (χ2n) is 7.68. The quantitative estimate of drug-likeness (QED) is 0.845. The third-order valence-electron chi connectivity index (χ3n) is 5.51. The number of amides is 1. The summed E-state index contributed by atoms with van der Waals surface area (Å²) in [6.07, 6.45) is 0.741. The molecule has 0 aromatic heterocycles. The van der Waals surface area contributed by atoms with Crippen LogP contribution in [0.3, 0.4) is 0 Å². The number of nitrogens with one attached hydrogen (secondary N) is 1. The zero-order valence-corrected chi connectivity index (χ0v) is 16.5. The molecule has 0 aliphatic carbocycles. The summed E-state index contributed by atoms with van der Waals surface area (Å²) >= 11 is 0. The molecule has 6 heteroatoms. The van der Waals surface area contributed by atoms with E-state index in [2.05, 4.69) is 33.3 Å². The van der Waals surface area contributed by atoms with E-state index in [1.807, 2.05) is 36.4 Å². The summed E-state index contributed by atoms with van der Waals surface area (Å²) in [7, 11) is 0. The van der Waals surface area contributed by atoms with Gasteiger partial charge in [-0.3, -0.25) is 9.69 Å². The summed E-state index contributed by atoms with van der Waals surface area (Å²) in [6, 6.07) is 18.4. The summed E-state index contributed by atoms with van der Waals surface area (Å²) < 4.78 is 5.36. The van der Waals surface area contributed by atoms with Crippen molar-refractivity contribution in [1.29, 1.82) is 5.26 Å². The maximum atomic E-state index is 12.6. The van der Waals surface area contributed by atoms with E-state index >= 15 is 0 Å². The molecule has 2 aromatic rings. The Balaban J connectivity index is 1.48. The largest absolute Gasteiger partial charge is 0.379 e. The lowest BCUT2D eigenvalue weighted by molar-refractivity contribution is -0.123. The van der Waals surface area contributed by atoms with Crippen molar-refractivity contribution >= 4 is 11.6 Å². The summed E-state index contributed by atoms with van der Waals surface area (Å²) in [4.78, 5) is 17.0. The molecule has 0 radical (unpaired) electrons. The van der Waals surface area contributed by atoms with E-state index in [1.54, 1.807) is 0 Å². The molecule has 2 aromatic carbocycles. The Morgan fingerprint density at radius 2 is 1.97 bits per heavy atom. The number of anilines is 1. The Morgan fingerprint density at radius 3 is 2.72 bits per heavy atom. The van der Waals surface area contributed by atoms with Crippen LogP contribution in [0.4, 0.5) is 5.69 Å². The van der Waals surface area contributed by atoms with Crippen LogP contribution < -0.4 is 10.2 Å². The molecule has 2 aliphatic rings. The van der Waals surface area contributed by atoms with Crippen molar-refractivity contribution in [3.8, 4) is 6.07 Å². The predicted octanol–water partition coefficient (Wildman–Crippen LogP) is 1.94. The zero-order chi connectivity index (χ0) is 20.1. The average Bonchev–Trinajstić information content (AvgIpc) is 2.74. The van der Waals surface area contributed by atoms with Gasteiger partial charge in [0.1, 0.15) is 0 Å². The number of rotatable bonds is 5. The highest BCUT2D eigenvalue weighted by Gasteiger charge is 2.26. The van der Waals surface area contributed by atoms with Gasteiger partial charge in [-0.2, -0.15) is 5.26 Å². The van der Waals surface area contributed by atoms with Gasteiger partial charge in [-0.1, -0.05) is 30.3 Å². The number of morpholine rings is 1. The number of fused-ring (bicyclic) bond motifs is 1. The fraction of sp³-hybridized carbons (Fsp3) is 0.391. The van der Waals surface area contributed by atoms with Gasteiger partial charge in [0, 0.05) is 31.9 Å². The predicted molar refractivity (Wildman–Crippen MR) is 112 cm³/mol. The van der Waals surface area contributed by atoms with E-state index in [1.165, 1.54) is 5.56 Å². The molecular formula is C23H26N4O2. The van der Waals surface area contributed by atoms with Crippen LogP contribution in [0.15, 0.2) is 48.5 Å². The first-order valence-electron chi connectivity index (χ1n) is 10.1. The highest BCUT2D eigenvalue weighted by molar-refractivity contribution is 5.78. The van der Waals surface area contributed by atoms with Crippen molar-refractivity contribution in [3.63, 3.8) is 0 Å². The number of hydrogen-bond acceptors (Lipinski definition) is 5. The monoisotopic (exact) mass is 390 g/mol. The second-order valence-corrected chi connectivity index (χ2v) is 7.68. The number of carbonyl (C=O) groups is 1. The van der Waals surface area contributed by atoms with Crippen LogP contribution in [0.1, 0.15) is 16.7 Å². The highest BCUT2D eigenvalue weighted by Crippen LogP contribution is 2.29. The van der Waals surface area contributed by atoms with E-state index in [9.17, 15) is 10.1 Å². The Kier molecular flexibility index (Phi) is 6.09. The maximum Gasteiger partial charge on any atom is 0.234 e. The van der Waals surface area contributed by atoms with Crippen LogP contribution in [0.25, 0.3) is 0 Å². The lowest BCUT2D eigenvalue weighted by Crippen LogP contribution is -2.51. The maximum absolute atomic E-state index is 12.6. The van der Waals surface area contributed by atoms with E-state index < -0.39 is 0 Å². The number of benzene rings is 2. The van der Waals surface area contributed by atoms with Crippen molar-refractivity contribution in [1.82, 2.24) is 10.2 Å². The topological polar surface area (TPSA) is 68.6 Å². The first-order valence-corrected chi connectivity index (χ1v) is 10.1. The van der Waals surface area contributed by atoms with Crippen LogP contribution >= 0.6 is 0 Å². The molecule has 1 atom stereocenters. The molecule has 1 N–H and O–H groups in total. The van der Waals surface area contributed by atoms with E-state index in [0.717, 1.165) is 43.9 Å². The van der Waals surface area contributed by atoms with Crippen LogP contribution in [0.2, 0.25) is 0 Å². The number of nitriles is 1. The Bertz CT molecular complexity index is 887. The fourth-order valence-corrected chi connectivity index (χ4v) is 4.11. The van der Waals surface area contributed by atoms with Crippen LogP contribution in [-0.4, -0.2) is 56.2 Å². The van der Waals surface area contributed by atoms with E-state index in [4.69, 9.17) is 4.74 Å². The molecule has 1 saturated heterocycles. The van der Waals surface area contributed by atoms with Crippen molar-refractivity contribution < 1.29 is 9.53 Å². The molecule has 0 spiro atoms. The first-order chi connectivity index (χ1) is 14.2. The lowest BCUT2D eigenvalue weighted by atomic mass is 9.95. The number of ether oxygens (including phenoxy) is 1. The minimum Gasteiger partial charge on any atom is -0.379 e. The molecule has 4 rings (SSSR count). The molecule has 2 heterocycles. The van der Waals surface area contributed by atoms with Crippen molar-refractivity contribution in [2.45, 2.75) is 19.0 Å². The van der Waals surface area contributed by atoms with Gasteiger partial charge in [0.25, 0.3) is 0 Å². The van der Waals surface area contributed by atoms with Crippen LogP contribution in [0.5, 0.6) is 0 Å². The number of nitrogens with zero attached hydrogens (tertiary/aromatic N) is 3. The summed E-state index contributed by atoms with van der Waals surface area (Å²) in [5.74, 6) is 0.0523. The molecule has 0 saturated carbocycles. The Morgan fingerprint density at radius 1 is 1.17 bits per heavy atom. The minimum atomic E-state index is 0.0219. The smallest absolute Gasteiger partial charge is 0.234 e. The zero-order valence-electron chi connectivity index (χ0n) is 16.5. The van der Waals surface area contributed by atoms with Gasteiger partial charge in [0.2, 0.25) is 5.91 Å². The SMILES string of the molecule is N#Cc1ccc2c(c1)CC(NC(=O)CN1CCOCC1)CN2Cc1ccccc1. The Labute approximate surface area is 171 Å². The van der Waals surface area contributed by atoms with Crippen LogP contribution in [0, 0.1) is 11.3 Å². The number of carbonyl (C=O) groups excluding carboxylic acids is 1. The van der Waals surface area contributed by atoms with Gasteiger partial charge >= 0.3 is 0 Å². The minimum absolute atomic E-state index is 0.0219. The molecule has 1 unspecified atom stereocenters. The third kappa shape index (κ3) is 4.94. The molecule has 1 amide bonds. The van der Waals surface area contributed by atoms with Gasteiger partial charge in [-0.05, 0) is 35.7 Å². The first kappa shape index (κ1) is 19.4. The van der Waals surface area contributed by atoms with Gasteiger partial charge in [0.05, 0.1) is 37.4 Å². The normalized spacial score (nSPS) is 19.3. The Hall–Kier alpha value is -2.88. The molecule has 150 valence electrons. The average molecular weight is 390 g/mol. The third-order valence-corrected chi connectivity index (χ3v) is 5.51. The number of hydrogen-bond donors (Lipinski definition) is 1. The van der Waals surface area contributed by atoms with E-state index in [0.29, 0.717) is 25.3 Å². The molecule has 0 bridgehead atoms. The van der Waals surface area contributed by atoms with Crippen molar-refractivity contribution in [2.75, 3.05) is 44.3 Å². The van der Waals surface area contributed by atoms with Gasteiger partial charge in [-0.15, -0.1) is 0 Å².